The van der Waals surface area contributed by atoms with Gasteiger partial charge in [-0.1, -0.05) is 61.9 Å². The van der Waals surface area contributed by atoms with Gasteiger partial charge in [0.25, 0.3) is 0 Å². The first-order chi connectivity index (χ1) is 20.7. The van der Waals surface area contributed by atoms with Gasteiger partial charge in [0.05, 0.1) is 22.3 Å². The zero-order valence-corrected chi connectivity index (χ0v) is 26.8. The number of nitrogens with one attached hydrogen (secondary N) is 3. The standard InChI is InChI=1S/C32H37N7O3S.ClH/c1-32(2,3)27-19-28(37-42-27)36-30(41)34-23-10-8-22(9-11-23)24-20-39-25-12-7-21(17-26(25)43-31(39)35-24)18-29(40)33-13-16-38-14-5-4-6-15-38;/h7-12,17,19-20H,4-6,13-16,18H2,1-3H3,(H,33,40)(H2,34,36,37,41);1H. The molecule has 6 rings (SSSR count). The molecule has 0 unspecified atom stereocenters. The van der Waals surface area contributed by atoms with Gasteiger partial charge >= 0.3 is 6.03 Å². The zero-order valence-electron chi connectivity index (χ0n) is 25.2. The smallest absolute Gasteiger partial charge is 0.324 e. The first-order valence-corrected chi connectivity index (χ1v) is 15.6. The molecule has 1 fully saturated rings. The summed E-state index contributed by atoms with van der Waals surface area (Å²) < 4.78 is 8.50. The number of aromatic nitrogens is 3. The van der Waals surface area contributed by atoms with Crippen LogP contribution in [0.4, 0.5) is 16.3 Å². The van der Waals surface area contributed by atoms with E-state index < -0.39 is 6.03 Å². The second-order valence-corrected chi connectivity index (χ2v) is 13.1. The van der Waals surface area contributed by atoms with Crippen molar-refractivity contribution in [1.29, 1.82) is 0 Å². The SMILES string of the molecule is CC(C)(C)c1cc(NC(=O)Nc2ccc(-c3cn4c(n3)sc3cc(CC(=O)NCCN5CCCCC5)ccc34)cc2)no1.Cl. The maximum Gasteiger partial charge on any atom is 0.324 e. The highest BCUT2D eigenvalue weighted by Gasteiger charge is 2.20. The lowest BCUT2D eigenvalue weighted by Gasteiger charge is -2.26. The number of anilines is 2. The van der Waals surface area contributed by atoms with Crippen LogP contribution in [0.25, 0.3) is 26.4 Å². The van der Waals surface area contributed by atoms with Crippen LogP contribution in [0.15, 0.2) is 59.3 Å². The third kappa shape index (κ3) is 7.40. The van der Waals surface area contributed by atoms with Crippen LogP contribution in [0.2, 0.25) is 0 Å². The van der Waals surface area contributed by atoms with Gasteiger partial charge in [0.2, 0.25) is 5.91 Å². The minimum Gasteiger partial charge on any atom is -0.359 e. The number of urea groups is 1. The van der Waals surface area contributed by atoms with E-state index in [2.05, 4.69) is 42.5 Å². The maximum atomic E-state index is 12.5. The minimum atomic E-state index is -0.398. The van der Waals surface area contributed by atoms with E-state index in [1.54, 1.807) is 17.4 Å². The van der Waals surface area contributed by atoms with Crippen LogP contribution in [0.1, 0.15) is 51.4 Å². The predicted molar refractivity (Wildman–Crippen MR) is 178 cm³/mol. The molecule has 4 heterocycles. The Hall–Kier alpha value is -3.93. The largest absolute Gasteiger partial charge is 0.359 e. The second kappa shape index (κ2) is 13.4. The summed E-state index contributed by atoms with van der Waals surface area (Å²) in [4.78, 5) is 33.1. The third-order valence-electron chi connectivity index (χ3n) is 7.65. The number of hydrogen-bond acceptors (Lipinski definition) is 7. The van der Waals surface area contributed by atoms with Crippen LogP contribution in [-0.2, 0) is 16.6 Å². The van der Waals surface area contributed by atoms with Gasteiger partial charge in [0.1, 0.15) is 5.76 Å². The number of nitrogens with zero attached hydrogens (tertiary/aromatic N) is 4. The molecule has 44 heavy (non-hydrogen) atoms. The van der Waals surface area contributed by atoms with Gasteiger partial charge < -0.3 is 20.1 Å². The van der Waals surface area contributed by atoms with Crippen molar-refractivity contribution in [3.63, 3.8) is 0 Å². The van der Waals surface area contributed by atoms with Crippen LogP contribution >= 0.6 is 23.7 Å². The first kappa shape index (κ1) is 31.5. The van der Waals surface area contributed by atoms with Crippen LogP contribution in [-0.4, -0.2) is 57.6 Å². The fraction of sp³-hybridized carbons (Fsp3) is 0.375. The lowest BCUT2D eigenvalue weighted by molar-refractivity contribution is -0.120. The number of carbonyl (C=O) groups excluding carboxylic acids is 2. The number of carbonyl (C=O) groups is 2. The van der Waals surface area contributed by atoms with Crippen molar-refractivity contribution >= 4 is 62.4 Å². The Morgan fingerprint density at radius 1 is 1.00 bits per heavy atom. The lowest BCUT2D eigenvalue weighted by Crippen LogP contribution is -2.38. The van der Waals surface area contributed by atoms with Crippen molar-refractivity contribution in [1.82, 2.24) is 24.8 Å². The van der Waals surface area contributed by atoms with E-state index in [9.17, 15) is 9.59 Å². The molecule has 0 radical (unpaired) electrons. The van der Waals surface area contributed by atoms with Crippen LogP contribution in [0.3, 0.4) is 0 Å². The summed E-state index contributed by atoms with van der Waals surface area (Å²) in [6.07, 6.45) is 6.23. The number of imidazole rings is 1. The summed E-state index contributed by atoms with van der Waals surface area (Å²) >= 11 is 1.61. The number of benzene rings is 2. The van der Waals surface area contributed by atoms with E-state index in [0.29, 0.717) is 30.2 Å². The fourth-order valence-corrected chi connectivity index (χ4v) is 6.34. The average molecular weight is 636 g/mol. The van der Waals surface area contributed by atoms with E-state index in [0.717, 1.165) is 51.6 Å². The van der Waals surface area contributed by atoms with Crippen molar-refractivity contribution in [3.8, 4) is 11.3 Å². The van der Waals surface area contributed by atoms with Crippen molar-refractivity contribution in [2.75, 3.05) is 36.8 Å². The minimum absolute atomic E-state index is 0. The molecule has 3 amide bonds. The molecule has 0 atom stereocenters. The van der Waals surface area contributed by atoms with Crippen LogP contribution in [0, 0.1) is 0 Å². The Labute approximate surface area is 266 Å². The molecule has 0 bridgehead atoms. The van der Waals surface area contributed by atoms with Gasteiger partial charge in [0, 0.05) is 42.0 Å². The highest BCUT2D eigenvalue weighted by Crippen LogP contribution is 2.31. The topological polar surface area (TPSA) is 117 Å². The number of likely N-dealkylation sites (tertiary alicyclic amines) is 1. The van der Waals surface area contributed by atoms with Gasteiger partial charge in [-0.25, -0.2) is 9.78 Å². The van der Waals surface area contributed by atoms with Gasteiger partial charge in [-0.15, -0.1) is 12.4 Å². The Morgan fingerprint density at radius 3 is 2.50 bits per heavy atom. The molecule has 5 aromatic rings. The van der Waals surface area contributed by atoms with Crippen LogP contribution < -0.4 is 16.0 Å². The summed E-state index contributed by atoms with van der Waals surface area (Å²) in [5.41, 5.74) is 4.30. The Bertz CT molecular complexity index is 1750. The van der Waals surface area contributed by atoms with Gasteiger partial charge in [-0.3, -0.25) is 14.5 Å². The quantitative estimate of drug-likeness (QED) is 0.174. The molecule has 0 saturated carbocycles. The Kier molecular flexibility index (Phi) is 9.57. The van der Waals surface area contributed by atoms with Crippen molar-refractivity contribution in [2.45, 2.75) is 51.9 Å². The van der Waals surface area contributed by atoms with Crippen molar-refractivity contribution in [2.24, 2.45) is 0 Å². The van der Waals surface area contributed by atoms with Gasteiger partial charge in [-0.05, 0) is 55.8 Å². The number of amides is 3. The predicted octanol–water partition coefficient (Wildman–Crippen LogP) is 6.71. The molecule has 1 saturated heterocycles. The summed E-state index contributed by atoms with van der Waals surface area (Å²) in [6, 6.07) is 15.0. The lowest BCUT2D eigenvalue weighted by atomic mass is 9.93. The number of thiazole rings is 1. The van der Waals surface area contributed by atoms with Crippen molar-refractivity contribution in [3.05, 3.63) is 66.1 Å². The molecule has 1 aliphatic heterocycles. The summed E-state index contributed by atoms with van der Waals surface area (Å²) in [6.45, 7) is 9.94. The molecule has 232 valence electrons. The van der Waals surface area contributed by atoms with E-state index in [1.807, 2.05) is 57.3 Å². The third-order valence-corrected chi connectivity index (χ3v) is 8.67. The molecule has 12 heteroatoms. The van der Waals surface area contributed by atoms with E-state index >= 15 is 0 Å². The van der Waals surface area contributed by atoms with E-state index in [1.165, 1.54) is 19.3 Å². The molecule has 10 nitrogen and oxygen atoms in total. The zero-order chi connectivity index (χ0) is 30.0. The molecule has 1 aliphatic rings. The Balaban J connectivity index is 0.00000384. The summed E-state index contributed by atoms with van der Waals surface area (Å²) in [5, 5.41) is 12.5. The molecule has 3 aromatic heterocycles. The number of hydrogen-bond donors (Lipinski definition) is 3. The van der Waals surface area contributed by atoms with E-state index in [-0.39, 0.29) is 23.7 Å². The Morgan fingerprint density at radius 2 is 1.77 bits per heavy atom. The van der Waals surface area contributed by atoms with Gasteiger partial charge in [-0.2, -0.15) is 0 Å². The molecule has 2 aromatic carbocycles. The normalized spacial score (nSPS) is 14.0. The molecular weight excluding hydrogens is 598 g/mol. The maximum absolute atomic E-state index is 12.5. The number of halogens is 1. The van der Waals surface area contributed by atoms with Crippen molar-refractivity contribution < 1.29 is 14.1 Å². The molecule has 0 aliphatic carbocycles. The van der Waals surface area contributed by atoms with E-state index in [4.69, 9.17) is 9.51 Å². The van der Waals surface area contributed by atoms with Crippen LogP contribution in [0.5, 0.6) is 0 Å². The van der Waals surface area contributed by atoms with Gasteiger partial charge in [0.15, 0.2) is 10.8 Å². The summed E-state index contributed by atoms with van der Waals surface area (Å²) in [5.74, 6) is 1.12. The number of rotatable bonds is 8. The average Bonchev–Trinajstić information content (AvgIpc) is 3.69. The number of fused-ring (bicyclic) bond motifs is 3. The first-order valence-electron chi connectivity index (χ1n) is 14.8. The second-order valence-electron chi connectivity index (χ2n) is 12.1. The fourth-order valence-electron chi connectivity index (χ4n) is 5.27. The molecule has 3 N–H and O–H groups in total. The monoisotopic (exact) mass is 635 g/mol. The molecular formula is C32H38ClN7O3S. The summed E-state index contributed by atoms with van der Waals surface area (Å²) in [7, 11) is 0. The highest BCUT2D eigenvalue weighted by atomic mass is 35.5. The highest BCUT2D eigenvalue weighted by molar-refractivity contribution is 7.23. The molecule has 0 spiro atoms. The number of piperidine rings is 1.